The zero-order chi connectivity index (χ0) is 5.56. The van der Waals surface area contributed by atoms with Crippen LogP contribution in [0.1, 0.15) is 6.42 Å². The van der Waals surface area contributed by atoms with E-state index in [1.165, 1.54) is 0 Å². The third kappa shape index (κ3) is 0.409. The summed E-state index contributed by atoms with van der Waals surface area (Å²) >= 11 is 0. The molecule has 0 spiro atoms. The maximum atomic E-state index is 5.60. The van der Waals surface area contributed by atoms with E-state index < -0.39 is 0 Å². The third-order valence-electron chi connectivity index (χ3n) is 1.79. The molecule has 2 unspecified atom stereocenters. The van der Waals surface area contributed by atoms with Crippen molar-refractivity contribution in [1.29, 1.82) is 0 Å². The highest BCUT2D eigenvalue weighted by Gasteiger charge is 2.33. The fraction of sp³-hybridized carbons (Fsp3) is 0.667. The van der Waals surface area contributed by atoms with Gasteiger partial charge in [-0.05, 0) is 12.5 Å². The van der Waals surface area contributed by atoms with Crippen LogP contribution in [0.25, 0.3) is 0 Å². The largest absolute Gasteiger partial charge is 0.497 e. The highest BCUT2D eigenvalue weighted by atomic mass is 16.5. The van der Waals surface area contributed by atoms with E-state index in [9.17, 15) is 0 Å². The Morgan fingerprint density at radius 3 is 2.88 bits per heavy atom. The standard InChI is InChI=1S/C6H9NO/c7-5-1-4-3-8-6(4)2-5/h2,4-5H,1,3,7H2. The van der Waals surface area contributed by atoms with E-state index in [2.05, 4.69) is 0 Å². The first-order valence-corrected chi connectivity index (χ1v) is 2.96. The highest BCUT2D eigenvalue weighted by Crippen LogP contribution is 2.34. The van der Waals surface area contributed by atoms with Crippen LogP contribution < -0.4 is 5.73 Å². The molecule has 2 N–H and O–H groups in total. The molecule has 1 aliphatic carbocycles. The number of hydrogen-bond donors (Lipinski definition) is 1. The van der Waals surface area contributed by atoms with Gasteiger partial charge in [0.05, 0.1) is 12.5 Å². The number of ether oxygens (including phenoxy) is 1. The molecule has 2 nitrogen and oxygen atoms in total. The second-order valence-electron chi connectivity index (χ2n) is 2.48. The molecule has 2 heteroatoms. The van der Waals surface area contributed by atoms with E-state index in [1.54, 1.807) is 0 Å². The van der Waals surface area contributed by atoms with Crippen molar-refractivity contribution in [3.8, 4) is 0 Å². The summed E-state index contributed by atoms with van der Waals surface area (Å²) < 4.78 is 5.11. The van der Waals surface area contributed by atoms with Crippen molar-refractivity contribution in [1.82, 2.24) is 0 Å². The lowest BCUT2D eigenvalue weighted by Crippen LogP contribution is -2.23. The molecule has 0 radical (unpaired) electrons. The Bertz CT molecular complexity index is 141. The van der Waals surface area contributed by atoms with Crippen LogP contribution in [0.5, 0.6) is 0 Å². The van der Waals surface area contributed by atoms with Gasteiger partial charge in [0.1, 0.15) is 5.76 Å². The van der Waals surface area contributed by atoms with E-state index >= 15 is 0 Å². The molecule has 1 heterocycles. The van der Waals surface area contributed by atoms with Crippen LogP contribution in [0, 0.1) is 5.92 Å². The normalized spacial score (nSPS) is 41.9. The van der Waals surface area contributed by atoms with Gasteiger partial charge >= 0.3 is 0 Å². The summed E-state index contributed by atoms with van der Waals surface area (Å²) in [4.78, 5) is 0. The Labute approximate surface area is 48.3 Å². The van der Waals surface area contributed by atoms with Crippen LogP contribution in [-0.4, -0.2) is 12.6 Å². The first kappa shape index (κ1) is 4.39. The van der Waals surface area contributed by atoms with Gasteiger partial charge in [-0.15, -0.1) is 0 Å². The molecule has 1 aliphatic heterocycles. The van der Waals surface area contributed by atoms with E-state index in [-0.39, 0.29) is 6.04 Å². The molecule has 0 aromatic carbocycles. The predicted molar refractivity (Wildman–Crippen MR) is 30.1 cm³/mol. The molecular formula is C6H9NO. The van der Waals surface area contributed by atoms with Crippen molar-refractivity contribution < 1.29 is 4.74 Å². The summed E-state index contributed by atoms with van der Waals surface area (Å²) in [5.41, 5.74) is 5.60. The van der Waals surface area contributed by atoms with Crippen LogP contribution >= 0.6 is 0 Å². The van der Waals surface area contributed by atoms with E-state index in [0.717, 1.165) is 18.8 Å². The molecule has 8 heavy (non-hydrogen) atoms. The molecule has 0 saturated carbocycles. The topological polar surface area (TPSA) is 35.2 Å². The van der Waals surface area contributed by atoms with E-state index in [4.69, 9.17) is 10.5 Å². The summed E-state index contributed by atoms with van der Waals surface area (Å²) in [7, 11) is 0. The molecule has 2 atom stereocenters. The lowest BCUT2D eigenvalue weighted by Gasteiger charge is -2.25. The molecule has 44 valence electrons. The summed E-state index contributed by atoms with van der Waals surface area (Å²) in [6.45, 7) is 0.902. The Balaban J connectivity index is 2.17. The lowest BCUT2D eigenvalue weighted by atomic mass is 10.1. The Morgan fingerprint density at radius 2 is 2.62 bits per heavy atom. The van der Waals surface area contributed by atoms with Crippen molar-refractivity contribution in [3.05, 3.63) is 11.8 Å². The lowest BCUT2D eigenvalue weighted by molar-refractivity contribution is 0.0555. The van der Waals surface area contributed by atoms with Crippen LogP contribution in [0.2, 0.25) is 0 Å². The molecular weight excluding hydrogens is 102 g/mol. The highest BCUT2D eigenvalue weighted by molar-refractivity contribution is 5.16. The Hall–Kier alpha value is -0.500. The van der Waals surface area contributed by atoms with Gasteiger partial charge in [-0.1, -0.05) is 0 Å². The zero-order valence-corrected chi connectivity index (χ0v) is 4.63. The second kappa shape index (κ2) is 1.26. The van der Waals surface area contributed by atoms with Crippen LogP contribution in [-0.2, 0) is 4.74 Å². The maximum absolute atomic E-state index is 5.60. The third-order valence-corrected chi connectivity index (χ3v) is 1.79. The quantitative estimate of drug-likeness (QED) is 0.486. The van der Waals surface area contributed by atoms with Gasteiger partial charge in [0.2, 0.25) is 0 Å². The van der Waals surface area contributed by atoms with Gasteiger partial charge in [-0.25, -0.2) is 0 Å². The van der Waals surface area contributed by atoms with Crippen molar-refractivity contribution in [3.63, 3.8) is 0 Å². The Morgan fingerprint density at radius 1 is 1.75 bits per heavy atom. The van der Waals surface area contributed by atoms with Crippen LogP contribution in [0.15, 0.2) is 11.8 Å². The molecule has 0 amide bonds. The minimum atomic E-state index is 0.275. The SMILES string of the molecule is NC1C=C2OCC2C1. The summed E-state index contributed by atoms with van der Waals surface area (Å²) in [5.74, 6) is 1.82. The smallest absolute Gasteiger partial charge is 0.100 e. The minimum Gasteiger partial charge on any atom is -0.497 e. The van der Waals surface area contributed by atoms with Gasteiger partial charge in [-0.3, -0.25) is 0 Å². The summed E-state index contributed by atoms with van der Waals surface area (Å²) in [5, 5.41) is 0. The second-order valence-corrected chi connectivity index (χ2v) is 2.48. The van der Waals surface area contributed by atoms with Gasteiger partial charge in [0.15, 0.2) is 0 Å². The monoisotopic (exact) mass is 111 g/mol. The van der Waals surface area contributed by atoms with Gasteiger partial charge < -0.3 is 10.5 Å². The van der Waals surface area contributed by atoms with E-state index in [1.807, 2.05) is 6.08 Å². The van der Waals surface area contributed by atoms with E-state index in [0.29, 0.717) is 5.92 Å². The number of fused-ring (bicyclic) bond motifs is 1. The Kier molecular flexibility index (Phi) is 0.690. The fourth-order valence-corrected chi connectivity index (χ4v) is 1.27. The summed E-state index contributed by atoms with van der Waals surface area (Å²) in [6, 6.07) is 0.275. The molecule has 1 fully saturated rings. The predicted octanol–water partition coefficient (Wildman–Crippen LogP) is 0.248. The van der Waals surface area contributed by atoms with Crippen LogP contribution in [0.4, 0.5) is 0 Å². The van der Waals surface area contributed by atoms with Crippen molar-refractivity contribution >= 4 is 0 Å². The number of nitrogens with two attached hydrogens (primary N) is 1. The first-order chi connectivity index (χ1) is 3.86. The van der Waals surface area contributed by atoms with Crippen molar-refractivity contribution in [2.45, 2.75) is 12.5 Å². The average molecular weight is 111 g/mol. The van der Waals surface area contributed by atoms with Gasteiger partial charge in [-0.2, -0.15) is 0 Å². The number of hydrogen-bond acceptors (Lipinski definition) is 2. The number of rotatable bonds is 0. The van der Waals surface area contributed by atoms with Gasteiger partial charge in [0, 0.05) is 6.04 Å². The maximum Gasteiger partial charge on any atom is 0.100 e. The van der Waals surface area contributed by atoms with Gasteiger partial charge in [0.25, 0.3) is 0 Å². The molecule has 0 aromatic rings. The average Bonchev–Trinajstić information content (AvgIpc) is 1.91. The molecule has 2 rings (SSSR count). The summed E-state index contributed by atoms with van der Waals surface area (Å²) in [6.07, 6.45) is 3.13. The van der Waals surface area contributed by atoms with Crippen LogP contribution in [0.3, 0.4) is 0 Å². The molecule has 1 saturated heterocycles. The molecule has 2 aliphatic rings. The molecule has 0 bridgehead atoms. The zero-order valence-electron chi connectivity index (χ0n) is 4.63. The van der Waals surface area contributed by atoms with Crippen molar-refractivity contribution in [2.24, 2.45) is 11.7 Å². The van der Waals surface area contributed by atoms with Crippen molar-refractivity contribution in [2.75, 3.05) is 6.61 Å². The minimum absolute atomic E-state index is 0.275. The molecule has 0 aromatic heterocycles. The fourth-order valence-electron chi connectivity index (χ4n) is 1.27. The first-order valence-electron chi connectivity index (χ1n) is 2.96.